The first kappa shape index (κ1) is 13.5. The largest absolute Gasteiger partial charge is 0.387 e. The molecule has 2 rings (SSSR count). The molecule has 19 heavy (non-hydrogen) atoms. The number of nitrogens with one attached hydrogen (secondary N) is 2. The number of rotatable bonds is 4. The molecule has 0 atom stereocenters. The van der Waals surface area contributed by atoms with E-state index in [0.29, 0.717) is 13.0 Å². The summed E-state index contributed by atoms with van der Waals surface area (Å²) in [6, 6.07) is 5.85. The average molecular weight is 262 g/mol. The number of anilines is 1. The molecule has 0 aliphatic carbocycles. The van der Waals surface area contributed by atoms with Gasteiger partial charge in [-0.2, -0.15) is 0 Å². The summed E-state index contributed by atoms with van der Waals surface area (Å²) in [5.74, 6) is -0.371. The predicted octanol–water partition coefficient (Wildman–Crippen LogP) is 0.567. The molecule has 0 bridgehead atoms. The fraction of sp³-hybridized carbons (Fsp3) is 0.429. The molecule has 0 aromatic heterocycles. The van der Waals surface area contributed by atoms with Crippen LogP contribution >= 0.6 is 0 Å². The first-order valence-electron chi connectivity index (χ1n) is 6.23. The van der Waals surface area contributed by atoms with Crippen molar-refractivity contribution in [1.29, 1.82) is 0 Å². The number of aliphatic hydroxyl groups excluding tert-OH is 1. The van der Waals surface area contributed by atoms with Gasteiger partial charge in [0.2, 0.25) is 11.8 Å². The standard InChI is InChI=1S/C14H18N2O3/c1-14(2,8-15-13(19)7-17)10-3-4-11-9(5-10)6-12(18)16-11/h3-5,17H,6-8H2,1-2H3,(H,15,19)(H,16,18). The lowest BCUT2D eigenvalue weighted by molar-refractivity contribution is -0.124. The highest BCUT2D eigenvalue weighted by molar-refractivity contribution is 5.99. The molecule has 1 aromatic carbocycles. The molecule has 0 fully saturated rings. The van der Waals surface area contributed by atoms with Gasteiger partial charge in [-0.3, -0.25) is 9.59 Å². The molecular weight excluding hydrogens is 244 g/mol. The van der Waals surface area contributed by atoms with E-state index in [9.17, 15) is 9.59 Å². The molecule has 1 aliphatic rings. The lowest BCUT2D eigenvalue weighted by Gasteiger charge is -2.26. The number of hydrogen-bond acceptors (Lipinski definition) is 3. The van der Waals surface area contributed by atoms with Crippen LogP contribution in [0.5, 0.6) is 0 Å². The number of carbonyl (C=O) groups excluding carboxylic acids is 2. The molecule has 3 N–H and O–H groups in total. The van der Waals surface area contributed by atoms with Gasteiger partial charge in [0, 0.05) is 17.6 Å². The van der Waals surface area contributed by atoms with E-state index < -0.39 is 6.61 Å². The van der Waals surface area contributed by atoms with Crippen LogP contribution in [0.25, 0.3) is 0 Å². The quantitative estimate of drug-likeness (QED) is 0.742. The summed E-state index contributed by atoms with van der Waals surface area (Å²) in [7, 11) is 0. The van der Waals surface area contributed by atoms with Crippen molar-refractivity contribution < 1.29 is 14.7 Å². The molecule has 1 aromatic rings. The highest BCUT2D eigenvalue weighted by atomic mass is 16.3. The summed E-state index contributed by atoms with van der Waals surface area (Å²) in [6.45, 7) is 3.96. The number of hydrogen-bond donors (Lipinski definition) is 3. The van der Waals surface area contributed by atoms with Gasteiger partial charge < -0.3 is 15.7 Å². The average Bonchev–Trinajstić information content (AvgIpc) is 2.74. The maximum Gasteiger partial charge on any atom is 0.245 e. The number of amides is 2. The van der Waals surface area contributed by atoms with Crippen LogP contribution in [0.15, 0.2) is 18.2 Å². The Bertz CT molecular complexity index is 523. The van der Waals surface area contributed by atoms with E-state index in [0.717, 1.165) is 16.8 Å². The topological polar surface area (TPSA) is 78.4 Å². The third kappa shape index (κ3) is 2.93. The molecule has 0 radical (unpaired) electrons. The zero-order valence-electron chi connectivity index (χ0n) is 11.1. The fourth-order valence-corrected chi connectivity index (χ4v) is 2.13. The van der Waals surface area contributed by atoms with Crippen LogP contribution in [0.1, 0.15) is 25.0 Å². The Balaban J connectivity index is 2.15. The minimum atomic E-state index is -0.501. The van der Waals surface area contributed by atoms with Crippen molar-refractivity contribution in [2.75, 3.05) is 18.5 Å². The molecule has 0 saturated carbocycles. The number of aliphatic hydroxyl groups is 1. The van der Waals surface area contributed by atoms with Crippen LogP contribution < -0.4 is 10.6 Å². The molecule has 2 amide bonds. The van der Waals surface area contributed by atoms with E-state index >= 15 is 0 Å². The Morgan fingerprint density at radius 1 is 1.47 bits per heavy atom. The fourth-order valence-electron chi connectivity index (χ4n) is 2.13. The second kappa shape index (κ2) is 5.01. The first-order chi connectivity index (χ1) is 8.92. The zero-order valence-corrected chi connectivity index (χ0v) is 11.1. The molecule has 5 heteroatoms. The van der Waals surface area contributed by atoms with Gasteiger partial charge in [0.1, 0.15) is 6.61 Å². The zero-order chi connectivity index (χ0) is 14.0. The second-order valence-electron chi connectivity index (χ2n) is 5.42. The summed E-state index contributed by atoms with van der Waals surface area (Å²) in [5.41, 5.74) is 2.65. The van der Waals surface area contributed by atoms with E-state index in [1.54, 1.807) is 0 Å². The van der Waals surface area contributed by atoms with Gasteiger partial charge in [-0.15, -0.1) is 0 Å². The molecule has 5 nitrogen and oxygen atoms in total. The summed E-state index contributed by atoms with van der Waals surface area (Å²) < 4.78 is 0. The van der Waals surface area contributed by atoms with Gasteiger partial charge in [-0.25, -0.2) is 0 Å². The molecule has 1 aliphatic heterocycles. The van der Waals surface area contributed by atoms with Crippen molar-refractivity contribution >= 4 is 17.5 Å². The van der Waals surface area contributed by atoms with Crippen LogP contribution in [-0.2, 0) is 21.4 Å². The third-order valence-electron chi connectivity index (χ3n) is 3.38. The van der Waals surface area contributed by atoms with Crippen molar-refractivity contribution in [3.8, 4) is 0 Å². The number of carbonyl (C=O) groups is 2. The SMILES string of the molecule is CC(C)(CNC(=O)CO)c1ccc2c(c1)CC(=O)N2. The monoisotopic (exact) mass is 262 g/mol. The lowest BCUT2D eigenvalue weighted by Crippen LogP contribution is -2.38. The molecule has 0 saturated heterocycles. The van der Waals surface area contributed by atoms with E-state index in [2.05, 4.69) is 10.6 Å². The van der Waals surface area contributed by atoms with Crippen molar-refractivity contribution in [2.24, 2.45) is 0 Å². The smallest absolute Gasteiger partial charge is 0.245 e. The number of fused-ring (bicyclic) bond motifs is 1. The molecule has 1 heterocycles. The Labute approximate surface area is 112 Å². The summed E-state index contributed by atoms with van der Waals surface area (Å²) in [5, 5.41) is 14.2. The Kier molecular flexibility index (Phi) is 3.57. The van der Waals surface area contributed by atoms with Crippen LogP contribution in [-0.4, -0.2) is 30.1 Å². The van der Waals surface area contributed by atoms with E-state index in [-0.39, 0.29) is 17.2 Å². The maximum absolute atomic E-state index is 11.3. The molecule has 102 valence electrons. The Hall–Kier alpha value is -1.88. The first-order valence-corrected chi connectivity index (χ1v) is 6.23. The van der Waals surface area contributed by atoms with Crippen LogP contribution in [0.2, 0.25) is 0 Å². The summed E-state index contributed by atoms with van der Waals surface area (Å²) >= 11 is 0. The minimum Gasteiger partial charge on any atom is -0.387 e. The van der Waals surface area contributed by atoms with E-state index in [4.69, 9.17) is 5.11 Å². The summed E-state index contributed by atoms with van der Waals surface area (Å²) in [4.78, 5) is 22.4. The third-order valence-corrected chi connectivity index (χ3v) is 3.38. The lowest BCUT2D eigenvalue weighted by atomic mass is 9.83. The van der Waals surface area contributed by atoms with Crippen LogP contribution in [0.3, 0.4) is 0 Å². The molecule has 0 unspecified atom stereocenters. The van der Waals surface area contributed by atoms with Crippen LogP contribution in [0, 0.1) is 0 Å². The van der Waals surface area contributed by atoms with Gasteiger partial charge in [-0.05, 0) is 17.2 Å². The normalized spacial score (nSPS) is 13.9. The van der Waals surface area contributed by atoms with Gasteiger partial charge in [0.25, 0.3) is 0 Å². The Morgan fingerprint density at radius 3 is 2.89 bits per heavy atom. The van der Waals surface area contributed by atoms with Crippen molar-refractivity contribution in [1.82, 2.24) is 5.32 Å². The molecule has 0 spiro atoms. The second-order valence-corrected chi connectivity index (χ2v) is 5.42. The van der Waals surface area contributed by atoms with Gasteiger partial charge in [-0.1, -0.05) is 26.0 Å². The van der Waals surface area contributed by atoms with E-state index in [1.165, 1.54) is 0 Å². The van der Waals surface area contributed by atoms with Crippen molar-refractivity contribution in [2.45, 2.75) is 25.7 Å². The molecular formula is C14H18N2O3. The van der Waals surface area contributed by atoms with Gasteiger partial charge in [0.05, 0.1) is 6.42 Å². The van der Waals surface area contributed by atoms with Crippen LogP contribution in [0.4, 0.5) is 5.69 Å². The predicted molar refractivity (Wildman–Crippen MR) is 71.9 cm³/mol. The highest BCUT2D eigenvalue weighted by Gasteiger charge is 2.25. The maximum atomic E-state index is 11.3. The van der Waals surface area contributed by atoms with E-state index in [1.807, 2.05) is 32.0 Å². The summed E-state index contributed by atoms with van der Waals surface area (Å²) in [6.07, 6.45) is 0.405. The van der Waals surface area contributed by atoms with Gasteiger partial charge >= 0.3 is 0 Å². The minimum absolute atomic E-state index is 0.0125. The number of benzene rings is 1. The van der Waals surface area contributed by atoms with Crippen molar-refractivity contribution in [3.63, 3.8) is 0 Å². The van der Waals surface area contributed by atoms with Crippen molar-refractivity contribution in [3.05, 3.63) is 29.3 Å². The Morgan fingerprint density at radius 2 is 2.21 bits per heavy atom. The van der Waals surface area contributed by atoms with Gasteiger partial charge in [0.15, 0.2) is 0 Å². The highest BCUT2D eigenvalue weighted by Crippen LogP contribution is 2.29.